The van der Waals surface area contributed by atoms with E-state index in [1.807, 2.05) is 135 Å². The first-order chi connectivity index (χ1) is 26.5. The molecule has 9 nitrogen and oxygen atoms in total. The summed E-state index contributed by atoms with van der Waals surface area (Å²) in [5.41, 5.74) is 9.94. The third-order valence-corrected chi connectivity index (χ3v) is 12.8. The molecule has 6 rings (SSSR count). The van der Waals surface area contributed by atoms with E-state index in [1.165, 1.54) is 18.2 Å². The van der Waals surface area contributed by atoms with Crippen molar-refractivity contribution in [1.82, 2.24) is 0 Å². The maximum absolute atomic E-state index is 11.4. The predicted molar refractivity (Wildman–Crippen MR) is 229 cm³/mol. The second kappa shape index (κ2) is 19.6. The van der Waals surface area contributed by atoms with Crippen molar-refractivity contribution in [1.29, 1.82) is 0 Å². The van der Waals surface area contributed by atoms with Gasteiger partial charge in [0.25, 0.3) is 0 Å². The molecule has 0 saturated heterocycles. The molecule has 0 N–H and O–H groups in total. The molecule has 0 aliphatic heterocycles. The predicted octanol–water partition coefficient (Wildman–Crippen LogP) is 9.76. The van der Waals surface area contributed by atoms with Crippen LogP contribution in [0.4, 0.5) is 0 Å². The van der Waals surface area contributed by atoms with Gasteiger partial charge in [0.2, 0.25) is 0 Å². The van der Waals surface area contributed by atoms with Gasteiger partial charge in [-0.1, -0.05) is 117 Å². The van der Waals surface area contributed by atoms with Crippen LogP contribution in [0.25, 0.3) is 33.4 Å². The third kappa shape index (κ3) is 11.3. The number of aryl methyl sites for hydroxylation is 3. The van der Waals surface area contributed by atoms with Gasteiger partial charge in [0.15, 0.2) is 0 Å². The summed E-state index contributed by atoms with van der Waals surface area (Å²) in [6.45, 7) is 18.1. The fourth-order valence-electron chi connectivity index (χ4n) is 6.88. The number of fused-ring (bicyclic) bond motifs is 3. The van der Waals surface area contributed by atoms with E-state index >= 15 is 0 Å². The van der Waals surface area contributed by atoms with Crippen LogP contribution >= 0.6 is 0 Å². The van der Waals surface area contributed by atoms with Crippen LogP contribution in [0.1, 0.15) is 113 Å². The summed E-state index contributed by atoms with van der Waals surface area (Å²) < 4.78 is 103. The van der Waals surface area contributed by atoms with Crippen LogP contribution in [0.3, 0.4) is 0 Å². The maximum atomic E-state index is 11.4. The molecule has 306 valence electrons. The normalized spacial score (nSPS) is 12.1. The van der Waals surface area contributed by atoms with Crippen LogP contribution in [-0.4, -0.2) is 56.3 Å². The Morgan fingerprint density at radius 2 is 0.621 bits per heavy atom. The largest absolute Gasteiger partial charge is 3.00 e. The Labute approximate surface area is 356 Å². The van der Waals surface area contributed by atoms with Gasteiger partial charge in [-0.15, -0.1) is 0 Å². The minimum Gasteiger partial charge on any atom is -0.744 e. The zero-order valence-corrected chi connectivity index (χ0v) is 38.1. The first kappa shape index (κ1) is 48.7. The summed E-state index contributed by atoms with van der Waals surface area (Å²) in [6, 6.07) is 27.3. The van der Waals surface area contributed by atoms with Crippen molar-refractivity contribution in [3.8, 4) is 33.4 Å². The standard InChI is InChI=1S/3C15H18O3S.Al/c3*1-4-11-9-15(19(16,17)18)14-8-12(10(2)3)6-5-7-13(11)14;/h3*5-10H,4H2,1-3H3,(H,16,17,18);/q;;;+3/p-3. The summed E-state index contributed by atoms with van der Waals surface area (Å²) in [5.74, 6) is 0.827. The number of rotatable bonds is 9. The Morgan fingerprint density at radius 3 is 0.793 bits per heavy atom. The molecular weight excluding hydrogens is 808 g/mol. The molecule has 0 spiro atoms. The van der Waals surface area contributed by atoms with Gasteiger partial charge in [-0.05, 0) is 140 Å². The first-order valence-electron chi connectivity index (χ1n) is 19.1. The van der Waals surface area contributed by atoms with E-state index in [0.29, 0.717) is 36.0 Å². The van der Waals surface area contributed by atoms with Crippen molar-refractivity contribution < 1.29 is 38.9 Å². The van der Waals surface area contributed by atoms with E-state index in [1.54, 1.807) is 0 Å². The maximum Gasteiger partial charge on any atom is 3.00 e. The van der Waals surface area contributed by atoms with Crippen molar-refractivity contribution in [2.24, 2.45) is 0 Å². The molecule has 0 aromatic carbocycles. The van der Waals surface area contributed by atoms with Gasteiger partial charge in [0.05, 0.1) is 14.7 Å². The van der Waals surface area contributed by atoms with Crippen LogP contribution in [0.2, 0.25) is 0 Å². The zero-order valence-electron chi connectivity index (χ0n) is 34.5. The first-order valence-corrected chi connectivity index (χ1v) is 23.3. The fourth-order valence-corrected chi connectivity index (χ4v) is 9.06. The Bertz CT molecular complexity index is 2310. The Morgan fingerprint density at radius 1 is 0.397 bits per heavy atom. The van der Waals surface area contributed by atoms with E-state index in [2.05, 4.69) is 0 Å². The van der Waals surface area contributed by atoms with Gasteiger partial charge in [-0.2, -0.15) is 0 Å². The van der Waals surface area contributed by atoms with E-state index in [0.717, 1.165) is 50.1 Å². The molecule has 0 amide bonds. The van der Waals surface area contributed by atoms with Crippen LogP contribution < -0.4 is 0 Å². The third-order valence-electron chi connectivity index (χ3n) is 10.2. The second-order valence-corrected chi connectivity index (χ2v) is 19.0. The average Bonchev–Trinajstić information content (AvgIpc) is 3.56. The van der Waals surface area contributed by atoms with Gasteiger partial charge in [-0.3, -0.25) is 0 Å². The van der Waals surface area contributed by atoms with E-state index in [-0.39, 0.29) is 49.8 Å². The molecule has 0 unspecified atom stereocenters. The molecule has 0 fully saturated rings. The fraction of sp³-hybridized carbons (Fsp3) is 0.333. The van der Waals surface area contributed by atoms with Gasteiger partial charge in [-0.25, -0.2) is 25.3 Å². The molecule has 0 atom stereocenters. The van der Waals surface area contributed by atoms with Crippen molar-refractivity contribution in [3.05, 3.63) is 124 Å². The Balaban J connectivity index is 0.000000231. The second-order valence-electron chi connectivity index (χ2n) is 15.0. The number of hydrogen-bond donors (Lipinski definition) is 0. The van der Waals surface area contributed by atoms with Gasteiger partial charge >= 0.3 is 17.4 Å². The van der Waals surface area contributed by atoms with Gasteiger partial charge < -0.3 is 13.7 Å². The molecule has 0 radical (unpaired) electrons. The number of hydrogen-bond acceptors (Lipinski definition) is 9. The summed E-state index contributed by atoms with van der Waals surface area (Å²) in [7, 11) is -13.3. The molecule has 0 saturated carbocycles. The van der Waals surface area contributed by atoms with Crippen molar-refractivity contribution in [2.45, 2.75) is 114 Å². The van der Waals surface area contributed by atoms with Crippen molar-refractivity contribution in [2.75, 3.05) is 0 Å². The van der Waals surface area contributed by atoms with Crippen LogP contribution in [0.5, 0.6) is 0 Å². The SMILES string of the molecule is CCc1cc(S(=O)(=O)[O-])c2cc(C(C)C)cccc1-2.CCc1cc(S(=O)(=O)[O-])c2cc(C(C)C)cccc1-2.CCc1cc(S(=O)(=O)[O-])c2cc(C(C)C)cccc1-2.[Al+3]. The summed E-state index contributed by atoms with van der Waals surface area (Å²) in [4.78, 5) is -0.299. The Kier molecular flexibility index (Phi) is 16.5. The van der Waals surface area contributed by atoms with Crippen LogP contribution in [0, 0.1) is 0 Å². The van der Waals surface area contributed by atoms with Crippen molar-refractivity contribution in [3.63, 3.8) is 0 Å². The summed E-state index contributed by atoms with van der Waals surface area (Å²) >= 11 is 0. The molecule has 0 bridgehead atoms. The Hall–Kier alpha value is -3.64. The summed E-state index contributed by atoms with van der Waals surface area (Å²) in [6.07, 6.45) is 2.10. The molecular formula is C45H51AlO9S3. The van der Waals surface area contributed by atoms with E-state index < -0.39 is 30.4 Å². The average molecular weight is 859 g/mol. The van der Waals surface area contributed by atoms with E-state index in [4.69, 9.17) is 0 Å². The van der Waals surface area contributed by atoms with Crippen molar-refractivity contribution >= 4 is 47.7 Å². The smallest absolute Gasteiger partial charge is 0.744 e. The quantitative estimate of drug-likeness (QED) is 0.101. The summed E-state index contributed by atoms with van der Waals surface area (Å²) in [5, 5.41) is 0. The molecule has 6 aliphatic rings. The molecule has 0 aromatic rings. The van der Waals surface area contributed by atoms with Gasteiger partial charge in [0.1, 0.15) is 30.4 Å². The zero-order chi connectivity index (χ0) is 42.6. The minimum absolute atomic E-state index is 0. The minimum atomic E-state index is -4.44. The van der Waals surface area contributed by atoms with Crippen LogP contribution in [-0.2, 0) is 49.6 Å². The monoisotopic (exact) mass is 858 g/mol. The molecule has 6 aliphatic carbocycles. The van der Waals surface area contributed by atoms with E-state index in [9.17, 15) is 38.9 Å². The molecule has 0 heterocycles. The van der Waals surface area contributed by atoms with Gasteiger partial charge in [0, 0.05) is 0 Å². The van der Waals surface area contributed by atoms with Crippen LogP contribution in [0.15, 0.2) is 106 Å². The topological polar surface area (TPSA) is 172 Å². The molecule has 58 heavy (non-hydrogen) atoms. The molecule has 0 aromatic heterocycles. The molecule has 13 heteroatoms.